The first-order valence-electron chi connectivity index (χ1n) is 36.2. The molecule has 0 aromatic rings. The summed E-state index contributed by atoms with van der Waals surface area (Å²) in [6, 6.07) is -0.866. The molecular formula is C77H138N2O7P+. The van der Waals surface area contributed by atoms with Gasteiger partial charge >= 0.3 is 13.8 Å². The molecule has 9 nitrogen and oxygen atoms in total. The van der Waals surface area contributed by atoms with E-state index >= 15 is 0 Å². The summed E-state index contributed by atoms with van der Waals surface area (Å²) in [5.41, 5.74) is 0. The van der Waals surface area contributed by atoms with Crippen LogP contribution in [-0.2, 0) is 27.9 Å². The molecule has 1 amide bonds. The van der Waals surface area contributed by atoms with Crippen molar-refractivity contribution in [3.05, 3.63) is 109 Å². The summed E-state index contributed by atoms with van der Waals surface area (Å²) in [4.78, 5) is 37.9. The number of carbonyl (C=O) groups is 2. The molecule has 0 aromatic heterocycles. The van der Waals surface area contributed by atoms with Crippen molar-refractivity contribution in [1.82, 2.24) is 5.32 Å². The highest BCUT2D eigenvalue weighted by molar-refractivity contribution is 7.47. The lowest BCUT2D eigenvalue weighted by atomic mass is 10.0. The summed E-state index contributed by atoms with van der Waals surface area (Å²) in [7, 11) is 1.48. The van der Waals surface area contributed by atoms with Crippen molar-refractivity contribution in [2.24, 2.45) is 0 Å². The molecule has 10 heteroatoms. The van der Waals surface area contributed by atoms with Crippen LogP contribution in [-0.4, -0.2) is 74.3 Å². The molecule has 0 aromatic carbocycles. The lowest BCUT2D eigenvalue weighted by Gasteiger charge is -2.27. The quantitative estimate of drug-likeness (QED) is 0.0205. The number of esters is 1. The van der Waals surface area contributed by atoms with Gasteiger partial charge in [-0.2, -0.15) is 0 Å². The van der Waals surface area contributed by atoms with Crippen molar-refractivity contribution < 1.29 is 37.3 Å². The minimum atomic E-state index is -4.47. The van der Waals surface area contributed by atoms with Crippen LogP contribution in [0, 0.1) is 0 Å². The third-order valence-electron chi connectivity index (χ3n) is 15.7. The molecule has 87 heavy (non-hydrogen) atoms. The molecule has 2 N–H and O–H groups in total. The summed E-state index contributed by atoms with van der Waals surface area (Å²) in [5, 5.41) is 3.07. The highest BCUT2D eigenvalue weighted by Crippen LogP contribution is 2.43. The van der Waals surface area contributed by atoms with E-state index in [2.05, 4.69) is 123 Å². The van der Waals surface area contributed by atoms with Crippen molar-refractivity contribution in [3.63, 3.8) is 0 Å². The minimum absolute atomic E-state index is 0.0317. The number of likely N-dealkylation sites (N-methyl/N-ethyl adjacent to an activating group) is 1. The Morgan fingerprint density at radius 2 is 0.701 bits per heavy atom. The van der Waals surface area contributed by atoms with Crippen molar-refractivity contribution in [3.8, 4) is 0 Å². The lowest BCUT2D eigenvalue weighted by molar-refractivity contribution is -0.870. The van der Waals surface area contributed by atoms with Crippen LogP contribution in [0.1, 0.15) is 316 Å². The van der Waals surface area contributed by atoms with E-state index in [0.717, 1.165) is 116 Å². The van der Waals surface area contributed by atoms with Gasteiger partial charge in [0.25, 0.3) is 0 Å². The van der Waals surface area contributed by atoms with Crippen molar-refractivity contribution >= 4 is 19.7 Å². The third-order valence-corrected chi connectivity index (χ3v) is 16.7. The van der Waals surface area contributed by atoms with E-state index in [4.69, 9.17) is 13.8 Å². The van der Waals surface area contributed by atoms with E-state index in [1.165, 1.54) is 161 Å². The van der Waals surface area contributed by atoms with Gasteiger partial charge in [0.1, 0.15) is 19.3 Å². The number of allylic oxidation sites excluding steroid dienone is 17. The number of nitrogens with zero attached hydrogens (tertiary/aromatic N) is 1. The average Bonchev–Trinajstić information content (AvgIpc) is 3.69. The third kappa shape index (κ3) is 66.9. The summed E-state index contributed by atoms with van der Waals surface area (Å²) >= 11 is 0. The number of unbranched alkanes of at least 4 members (excludes halogenated alkanes) is 33. The van der Waals surface area contributed by atoms with Gasteiger partial charge in [0.15, 0.2) is 0 Å². The Balaban J connectivity index is 5.13. The monoisotopic (exact) mass is 1230 g/mol. The number of nitrogens with one attached hydrogen (secondary N) is 1. The molecule has 0 aliphatic carbocycles. The number of hydrogen-bond acceptors (Lipinski definition) is 6. The Morgan fingerprint density at radius 1 is 0.402 bits per heavy atom. The largest absolute Gasteiger partial charge is 0.472 e. The molecule has 0 radical (unpaired) electrons. The molecule has 0 heterocycles. The molecule has 3 unspecified atom stereocenters. The van der Waals surface area contributed by atoms with Crippen LogP contribution in [0.3, 0.4) is 0 Å². The van der Waals surface area contributed by atoms with E-state index in [9.17, 15) is 19.0 Å². The highest BCUT2D eigenvalue weighted by Gasteiger charge is 2.30. The van der Waals surface area contributed by atoms with Crippen LogP contribution >= 0.6 is 7.82 Å². The Morgan fingerprint density at radius 3 is 1.07 bits per heavy atom. The van der Waals surface area contributed by atoms with Crippen molar-refractivity contribution in [1.29, 1.82) is 0 Å². The number of hydrogen-bond donors (Lipinski definition) is 2. The molecule has 0 saturated heterocycles. The number of carbonyl (C=O) groups excluding carboxylic acids is 2. The van der Waals surface area contributed by atoms with Crippen LogP contribution in [0.5, 0.6) is 0 Å². The number of quaternary nitrogens is 1. The van der Waals surface area contributed by atoms with Gasteiger partial charge in [-0.25, -0.2) is 4.57 Å². The maximum absolute atomic E-state index is 13.6. The topological polar surface area (TPSA) is 111 Å². The molecule has 502 valence electrons. The van der Waals surface area contributed by atoms with Crippen LogP contribution in [0.25, 0.3) is 0 Å². The van der Waals surface area contributed by atoms with Gasteiger partial charge in [-0.3, -0.25) is 18.6 Å². The predicted molar refractivity (Wildman–Crippen MR) is 378 cm³/mol. The van der Waals surface area contributed by atoms with Crippen LogP contribution in [0.2, 0.25) is 0 Å². The predicted octanol–water partition coefficient (Wildman–Crippen LogP) is 23.2. The van der Waals surface area contributed by atoms with E-state index < -0.39 is 20.0 Å². The zero-order valence-corrected chi connectivity index (χ0v) is 58.4. The van der Waals surface area contributed by atoms with Crippen LogP contribution in [0.4, 0.5) is 0 Å². The average molecular weight is 1230 g/mol. The highest BCUT2D eigenvalue weighted by atomic mass is 31.2. The standard InChI is InChI=1S/C77H137N2O7P/c1-7-10-13-16-19-22-25-28-30-32-34-36-37-38-39-40-41-43-44-46-48-51-54-57-60-63-66-69-76(80)78-74(73-85-87(82,83)84-72-71-79(4,5)6)75(68-65-62-59-56-53-50-27-24-21-18-15-12-9-3)86-77(81)70-67-64-61-58-55-52-49-47-45-42-35-33-31-29-26-23-20-17-14-11-8-2/h19-20,22-23,28-31,34-36,38-39,42,47,49,65,68,74-75H,7-18,21,24-27,32-33,37,40-41,43-46,48,50-64,66-67,69-73H2,1-6H3,(H-,78,80,82,83)/p+1/b22-19-,23-20-,30-28-,31-29-,36-34-,39-38-,42-35-,49-47-,68-65-. The maximum atomic E-state index is 13.6. The molecule has 0 rings (SSSR count). The molecule has 0 spiro atoms. The summed E-state index contributed by atoms with van der Waals surface area (Å²) < 4.78 is 30.8. The number of phosphoric acid groups is 1. The zero-order chi connectivity index (χ0) is 63.5. The van der Waals surface area contributed by atoms with E-state index in [1.54, 1.807) is 0 Å². The fraction of sp³-hybridized carbons (Fsp3) is 0.740. The zero-order valence-electron chi connectivity index (χ0n) is 57.5. The van der Waals surface area contributed by atoms with Crippen LogP contribution < -0.4 is 5.32 Å². The van der Waals surface area contributed by atoms with Gasteiger partial charge in [0.05, 0.1) is 33.8 Å². The first kappa shape index (κ1) is 83.7. The second-order valence-corrected chi connectivity index (χ2v) is 26.9. The summed E-state index contributed by atoms with van der Waals surface area (Å²) in [5.74, 6) is -0.527. The normalized spacial score (nSPS) is 14.1. The van der Waals surface area contributed by atoms with E-state index in [0.29, 0.717) is 23.9 Å². The van der Waals surface area contributed by atoms with Crippen molar-refractivity contribution in [2.75, 3.05) is 40.9 Å². The SMILES string of the molecule is CCCCC/C=C\C/C=C\C/C=C\C/C=C\CCCCCCCCCCCCCC(=O)NC(COP(=O)(O)OCC[N+](C)(C)C)C(/C=C\CCCCCCCCCCCCC)OC(=O)CCCCCCC/C=C\C/C=C\C/C=C\C/C=C\CCCCC. The molecular weight excluding hydrogens is 1100 g/mol. The van der Waals surface area contributed by atoms with Crippen LogP contribution in [0.15, 0.2) is 109 Å². The first-order chi connectivity index (χ1) is 42.4. The Hall–Kier alpha value is -3.33. The molecule has 0 fully saturated rings. The lowest BCUT2D eigenvalue weighted by Crippen LogP contribution is -2.47. The molecule has 3 atom stereocenters. The Labute approximate surface area is 538 Å². The summed E-state index contributed by atoms with van der Waals surface area (Å²) in [6.45, 7) is 6.96. The van der Waals surface area contributed by atoms with Gasteiger partial charge in [-0.15, -0.1) is 0 Å². The second-order valence-electron chi connectivity index (χ2n) is 25.4. The molecule has 0 saturated carbocycles. The Kier molecular flexibility index (Phi) is 63.1. The molecule has 0 aliphatic heterocycles. The van der Waals surface area contributed by atoms with E-state index in [-0.39, 0.29) is 31.5 Å². The minimum Gasteiger partial charge on any atom is -0.456 e. The number of rotatable bonds is 65. The van der Waals surface area contributed by atoms with Gasteiger partial charge in [0.2, 0.25) is 5.91 Å². The fourth-order valence-corrected chi connectivity index (χ4v) is 10.8. The van der Waals surface area contributed by atoms with Gasteiger partial charge < -0.3 is 19.4 Å². The molecule has 0 aliphatic rings. The second kappa shape index (κ2) is 65.6. The molecule has 0 bridgehead atoms. The van der Waals surface area contributed by atoms with Gasteiger partial charge in [-0.05, 0) is 122 Å². The Bertz CT molecular complexity index is 1860. The maximum Gasteiger partial charge on any atom is 0.472 e. The number of amides is 1. The first-order valence-corrected chi connectivity index (χ1v) is 37.7. The van der Waals surface area contributed by atoms with Crippen molar-refractivity contribution in [2.45, 2.75) is 328 Å². The number of phosphoric ester groups is 1. The number of ether oxygens (including phenoxy) is 1. The fourth-order valence-electron chi connectivity index (χ4n) is 10.1. The van der Waals surface area contributed by atoms with Gasteiger partial charge in [-0.1, -0.05) is 291 Å². The summed E-state index contributed by atoms with van der Waals surface area (Å²) in [6.07, 6.45) is 90.9. The van der Waals surface area contributed by atoms with E-state index in [1.807, 2.05) is 33.3 Å². The van der Waals surface area contributed by atoms with Gasteiger partial charge in [0, 0.05) is 12.8 Å². The smallest absolute Gasteiger partial charge is 0.456 e.